The topological polar surface area (TPSA) is 137 Å². The number of aliphatic hydroxyl groups excluding tert-OH is 4. The summed E-state index contributed by atoms with van der Waals surface area (Å²) in [4.78, 5) is 12.1. The quantitative estimate of drug-likeness (QED) is 0.347. The fourth-order valence-corrected chi connectivity index (χ4v) is 2.57. The highest BCUT2D eigenvalue weighted by atomic mass is 127. The SMILES string of the molecule is Cn1ncc(C(=O)N[C@@H]2C(O)O[C@H](CO)[C@@H](O)[C@@H]2O)c1I. The van der Waals surface area contributed by atoms with E-state index < -0.39 is 43.2 Å². The first kappa shape index (κ1) is 16.6. The molecule has 1 aromatic heterocycles. The summed E-state index contributed by atoms with van der Waals surface area (Å²) >= 11 is 1.93. The predicted molar refractivity (Wildman–Crippen MR) is 77.2 cm³/mol. The van der Waals surface area contributed by atoms with Gasteiger partial charge in [-0.25, -0.2) is 0 Å². The van der Waals surface area contributed by atoms with Crippen LogP contribution in [-0.4, -0.2) is 73.4 Å². The number of hydrogen-bond donors (Lipinski definition) is 5. The zero-order chi connectivity index (χ0) is 15.7. The average Bonchev–Trinajstić information content (AvgIpc) is 2.79. The van der Waals surface area contributed by atoms with Crippen LogP contribution in [0.1, 0.15) is 10.4 Å². The minimum Gasteiger partial charge on any atom is -0.394 e. The van der Waals surface area contributed by atoms with E-state index in [2.05, 4.69) is 10.4 Å². The molecule has 0 aliphatic carbocycles. The first-order valence-corrected chi connectivity index (χ1v) is 7.23. The van der Waals surface area contributed by atoms with Crippen LogP contribution in [0.25, 0.3) is 0 Å². The molecule has 1 amide bonds. The molecule has 0 aromatic carbocycles. The van der Waals surface area contributed by atoms with E-state index in [-0.39, 0.29) is 5.56 Å². The van der Waals surface area contributed by atoms with Gasteiger partial charge in [0.1, 0.15) is 28.1 Å². The number of rotatable bonds is 3. The molecule has 1 aromatic rings. The Morgan fingerprint density at radius 3 is 2.67 bits per heavy atom. The minimum absolute atomic E-state index is 0.274. The number of carbonyl (C=O) groups is 1. The number of ether oxygens (including phenoxy) is 1. The summed E-state index contributed by atoms with van der Waals surface area (Å²) in [6.45, 7) is -0.559. The van der Waals surface area contributed by atoms with Crippen LogP contribution < -0.4 is 5.32 Å². The molecule has 5 N–H and O–H groups in total. The third kappa shape index (κ3) is 3.19. The van der Waals surface area contributed by atoms with Crippen molar-refractivity contribution < 1.29 is 30.0 Å². The van der Waals surface area contributed by atoms with Gasteiger partial charge in [-0.2, -0.15) is 5.10 Å². The van der Waals surface area contributed by atoms with Gasteiger partial charge in [0.15, 0.2) is 6.29 Å². The lowest BCUT2D eigenvalue weighted by molar-refractivity contribution is -0.252. The normalized spacial score (nSPS) is 33.0. The van der Waals surface area contributed by atoms with Gasteiger partial charge in [-0.3, -0.25) is 9.48 Å². The molecular weight excluding hydrogens is 397 g/mol. The molecule has 2 rings (SSSR count). The highest BCUT2D eigenvalue weighted by Gasteiger charge is 2.44. The molecular formula is C11H16IN3O6. The molecule has 0 bridgehead atoms. The van der Waals surface area contributed by atoms with E-state index in [1.165, 1.54) is 10.9 Å². The molecule has 1 unspecified atom stereocenters. The molecule has 0 radical (unpaired) electrons. The van der Waals surface area contributed by atoms with Crippen LogP contribution in [0.3, 0.4) is 0 Å². The third-order valence-corrected chi connectivity index (χ3v) is 4.59. The third-order valence-electron chi connectivity index (χ3n) is 3.31. The van der Waals surface area contributed by atoms with Crippen molar-refractivity contribution in [3.63, 3.8) is 0 Å². The Labute approximate surface area is 133 Å². The van der Waals surface area contributed by atoms with Crippen molar-refractivity contribution in [2.24, 2.45) is 7.05 Å². The number of aliphatic hydroxyl groups is 4. The van der Waals surface area contributed by atoms with Gasteiger partial charge >= 0.3 is 0 Å². The molecule has 10 heteroatoms. The van der Waals surface area contributed by atoms with Crippen LogP contribution in [-0.2, 0) is 11.8 Å². The van der Waals surface area contributed by atoms with Crippen molar-refractivity contribution in [2.75, 3.05) is 6.61 Å². The molecule has 9 nitrogen and oxygen atoms in total. The fraction of sp³-hybridized carbons (Fsp3) is 0.636. The molecule has 1 saturated heterocycles. The molecule has 1 aliphatic rings. The Hall–Kier alpha value is -0.790. The largest absolute Gasteiger partial charge is 0.394 e. The number of hydrogen-bond acceptors (Lipinski definition) is 7. The van der Waals surface area contributed by atoms with E-state index in [4.69, 9.17) is 9.84 Å². The zero-order valence-corrected chi connectivity index (χ0v) is 13.2. The number of carbonyl (C=O) groups excluding carboxylic acids is 1. The lowest BCUT2D eigenvalue weighted by atomic mass is 9.97. The molecule has 5 atom stereocenters. The van der Waals surface area contributed by atoms with E-state index in [0.717, 1.165) is 0 Å². The fourth-order valence-electron chi connectivity index (χ4n) is 2.06. The summed E-state index contributed by atoms with van der Waals surface area (Å²) < 4.78 is 7.04. The van der Waals surface area contributed by atoms with Gasteiger partial charge in [0.25, 0.3) is 5.91 Å². The Morgan fingerprint density at radius 2 is 2.14 bits per heavy atom. The van der Waals surface area contributed by atoms with Crippen LogP contribution in [0.5, 0.6) is 0 Å². The van der Waals surface area contributed by atoms with Gasteiger partial charge in [-0.15, -0.1) is 0 Å². The molecule has 0 spiro atoms. The first-order valence-electron chi connectivity index (χ1n) is 6.15. The Balaban J connectivity index is 2.11. The lowest BCUT2D eigenvalue weighted by Gasteiger charge is -2.40. The van der Waals surface area contributed by atoms with Crippen LogP contribution in [0.2, 0.25) is 0 Å². The van der Waals surface area contributed by atoms with Crippen molar-refractivity contribution in [3.05, 3.63) is 15.5 Å². The number of nitrogens with one attached hydrogen (secondary N) is 1. The van der Waals surface area contributed by atoms with Crippen molar-refractivity contribution >= 4 is 28.5 Å². The van der Waals surface area contributed by atoms with Crippen LogP contribution in [0, 0.1) is 3.70 Å². The van der Waals surface area contributed by atoms with E-state index >= 15 is 0 Å². The van der Waals surface area contributed by atoms with Crippen molar-refractivity contribution in [1.29, 1.82) is 0 Å². The van der Waals surface area contributed by atoms with Gasteiger partial charge in [0.2, 0.25) is 0 Å². The van der Waals surface area contributed by atoms with Crippen molar-refractivity contribution in [3.8, 4) is 0 Å². The monoisotopic (exact) mass is 413 g/mol. The first-order chi connectivity index (χ1) is 9.86. The van der Waals surface area contributed by atoms with Crippen LogP contribution in [0.15, 0.2) is 6.20 Å². The van der Waals surface area contributed by atoms with E-state index in [1.54, 1.807) is 7.05 Å². The van der Waals surface area contributed by atoms with Crippen molar-refractivity contribution in [1.82, 2.24) is 15.1 Å². The number of aryl methyl sites for hydroxylation is 1. The van der Waals surface area contributed by atoms with Gasteiger partial charge in [0.05, 0.1) is 18.4 Å². The average molecular weight is 413 g/mol. The smallest absolute Gasteiger partial charge is 0.256 e. The Bertz CT molecular complexity index is 524. The van der Waals surface area contributed by atoms with E-state index in [1.807, 2.05) is 22.6 Å². The molecule has 21 heavy (non-hydrogen) atoms. The molecule has 0 saturated carbocycles. The Morgan fingerprint density at radius 1 is 1.48 bits per heavy atom. The molecule has 1 aliphatic heterocycles. The molecule has 1 fully saturated rings. The highest BCUT2D eigenvalue weighted by molar-refractivity contribution is 14.1. The van der Waals surface area contributed by atoms with Gasteiger partial charge in [-0.1, -0.05) is 0 Å². The number of halogens is 1. The second-order valence-electron chi connectivity index (χ2n) is 4.70. The summed E-state index contributed by atoms with van der Waals surface area (Å²) in [6, 6.07) is -1.22. The highest BCUT2D eigenvalue weighted by Crippen LogP contribution is 2.20. The summed E-state index contributed by atoms with van der Waals surface area (Å²) in [7, 11) is 1.67. The van der Waals surface area contributed by atoms with Gasteiger partial charge in [-0.05, 0) is 22.6 Å². The summed E-state index contributed by atoms with van der Waals surface area (Å²) in [5.41, 5.74) is 0.274. The number of aromatic nitrogens is 2. The summed E-state index contributed by atoms with van der Waals surface area (Å²) in [5.74, 6) is -0.561. The lowest BCUT2D eigenvalue weighted by Crippen LogP contribution is -2.64. The minimum atomic E-state index is -1.54. The summed E-state index contributed by atoms with van der Waals surface area (Å²) in [6.07, 6.45) is -4.19. The molecule has 118 valence electrons. The second-order valence-corrected chi connectivity index (χ2v) is 5.72. The maximum atomic E-state index is 12.1. The van der Waals surface area contributed by atoms with Gasteiger partial charge in [0, 0.05) is 7.05 Å². The predicted octanol–water partition coefficient (Wildman–Crippen LogP) is -2.45. The Kier molecular flexibility index (Phi) is 5.16. The summed E-state index contributed by atoms with van der Waals surface area (Å²) in [5, 5.41) is 44.8. The zero-order valence-electron chi connectivity index (χ0n) is 11.0. The maximum absolute atomic E-state index is 12.1. The van der Waals surface area contributed by atoms with Gasteiger partial charge < -0.3 is 30.5 Å². The number of nitrogens with zero attached hydrogens (tertiary/aromatic N) is 2. The van der Waals surface area contributed by atoms with Crippen LogP contribution >= 0.6 is 22.6 Å². The second kappa shape index (κ2) is 6.54. The van der Waals surface area contributed by atoms with E-state index in [9.17, 15) is 20.1 Å². The van der Waals surface area contributed by atoms with E-state index in [0.29, 0.717) is 3.70 Å². The maximum Gasteiger partial charge on any atom is 0.256 e. The van der Waals surface area contributed by atoms with Crippen molar-refractivity contribution in [2.45, 2.75) is 30.6 Å². The number of amides is 1. The van der Waals surface area contributed by atoms with Crippen LogP contribution in [0.4, 0.5) is 0 Å². The standard InChI is InChI=1S/C11H16IN3O6/c1-15-9(12)4(2-13-15)10(19)14-6-8(18)7(17)5(3-16)21-11(6)20/h2,5-8,11,16-18,20H,3H2,1H3,(H,14,19)/t5-,6+,7-,8-,11?/m1/s1. The molecule has 2 heterocycles.